The van der Waals surface area contributed by atoms with Crippen LogP contribution in [-0.4, -0.2) is 28.0 Å². The zero-order valence-corrected chi connectivity index (χ0v) is 13.9. The van der Waals surface area contributed by atoms with Gasteiger partial charge in [0.05, 0.1) is 0 Å². The Morgan fingerprint density at radius 2 is 2.15 bits per heavy atom. The highest BCUT2D eigenvalue weighted by molar-refractivity contribution is 7.99. The van der Waals surface area contributed by atoms with E-state index >= 15 is 0 Å². The Morgan fingerprint density at radius 3 is 2.75 bits per heavy atom. The van der Waals surface area contributed by atoms with Crippen molar-refractivity contribution in [2.75, 3.05) is 6.54 Å². The number of aromatic nitrogens is 2. The van der Waals surface area contributed by atoms with Crippen LogP contribution >= 0.6 is 11.8 Å². The van der Waals surface area contributed by atoms with Gasteiger partial charge in [-0.15, -0.1) is 10.2 Å². The van der Waals surface area contributed by atoms with E-state index in [0.29, 0.717) is 17.2 Å². The fraction of sp³-hybridized carbons (Fsp3) is 0.867. The van der Waals surface area contributed by atoms with E-state index in [1.54, 1.807) is 11.8 Å². The van der Waals surface area contributed by atoms with E-state index < -0.39 is 0 Å². The summed E-state index contributed by atoms with van der Waals surface area (Å²) in [4.78, 5) is 0. The van der Waals surface area contributed by atoms with Crippen molar-refractivity contribution in [2.45, 2.75) is 69.9 Å². The lowest BCUT2D eigenvalue weighted by atomic mass is 9.79. The fourth-order valence-corrected chi connectivity index (χ4v) is 4.17. The molecule has 114 valence electrons. The molecule has 0 aliphatic heterocycles. The highest BCUT2D eigenvalue weighted by atomic mass is 32.2. The van der Waals surface area contributed by atoms with Crippen molar-refractivity contribution in [1.29, 1.82) is 0 Å². The van der Waals surface area contributed by atoms with Crippen LogP contribution in [-0.2, 0) is 0 Å². The minimum Gasteiger partial charge on any atom is -0.416 e. The summed E-state index contributed by atoms with van der Waals surface area (Å²) < 4.78 is 5.55. The first kappa shape index (κ1) is 15.8. The third kappa shape index (κ3) is 4.22. The summed E-state index contributed by atoms with van der Waals surface area (Å²) in [7, 11) is 0. The van der Waals surface area contributed by atoms with Crippen molar-refractivity contribution in [3.63, 3.8) is 0 Å². The third-order valence-corrected chi connectivity index (χ3v) is 5.38. The average Bonchev–Trinajstić information content (AvgIpc) is 2.82. The molecule has 1 aliphatic rings. The molecule has 0 spiro atoms. The number of thioether (sulfide) groups is 1. The van der Waals surface area contributed by atoms with E-state index in [1.807, 2.05) is 6.92 Å². The van der Waals surface area contributed by atoms with Crippen molar-refractivity contribution < 1.29 is 4.42 Å². The van der Waals surface area contributed by atoms with E-state index in [4.69, 9.17) is 4.42 Å². The molecular formula is C15H27N3OS. The van der Waals surface area contributed by atoms with E-state index in [0.717, 1.165) is 23.6 Å². The predicted octanol–water partition coefficient (Wildman–Crippen LogP) is 3.66. The Labute approximate surface area is 126 Å². The number of rotatable bonds is 6. The number of aryl methyl sites for hydroxylation is 1. The van der Waals surface area contributed by atoms with Gasteiger partial charge in [0.25, 0.3) is 5.22 Å². The van der Waals surface area contributed by atoms with Crippen molar-refractivity contribution >= 4 is 11.8 Å². The number of hydrogen-bond acceptors (Lipinski definition) is 5. The van der Waals surface area contributed by atoms with Crippen molar-refractivity contribution in [2.24, 2.45) is 11.8 Å². The van der Waals surface area contributed by atoms with Gasteiger partial charge >= 0.3 is 0 Å². The minimum absolute atomic E-state index is 0.544. The lowest BCUT2D eigenvalue weighted by molar-refractivity contribution is 0.245. The Balaban J connectivity index is 2.00. The zero-order valence-electron chi connectivity index (χ0n) is 13.1. The fourth-order valence-electron chi connectivity index (χ4n) is 2.91. The molecule has 0 aromatic carbocycles. The molecule has 1 aromatic heterocycles. The molecule has 3 unspecified atom stereocenters. The molecule has 0 bridgehead atoms. The first-order chi connectivity index (χ1) is 9.60. The Hall–Kier alpha value is -0.550. The molecule has 5 heteroatoms. The molecule has 1 fully saturated rings. The van der Waals surface area contributed by atoms with Gasteiger partial charge in [0.2, 0.25) is 5.89 Å². The maximum atomic E-state index is 5.55. The van der Waals surface area contributed by atoms with Gasteiger partial charge in [-0.1, -0.05) is 32.5 Å². The maximum Gasteiger partial charge on any atom is 0.276 e. The summed E-state index contributed by atoms with van der Waals surface area (Å²) >= 11 is 1.76. The molecule has 1 heterocycles. The van der Waals surface area contributed by atoms with Crippen LogP contribution in [0.4, 0.5) is 0 Å². The van der Waals surface area contributed by atoms with Gasteiger partial charge in [0.1, 0.15) is 0 Å². The smallest absolute Gasteiger partial charge is 0.276 e. The summed E-state index contributed by atoms with van der Waals surface area (Å²) in [5.74, 6) is 2.23. The van der Waals surface area contributed by atoms with Gasteiger partial charge in [-0.2, -0.15) is 0 Å². The molecule has 1 N–H and O–H groups in total. The average molecular weight is 297 g/mol. The van der Waals surface area contributed by atoms with E-state index in [2.05, 4.69) is 36.3 Å². The summed E-state index contributed by atoms with van der Waals surface area (Å²) in [6, 6.07) is 0.571. The molecule has 1 aromatic rings. The van der Waals surface area contributed by atoms with Gasteiger partial charge < -0.3 is 9.73 Å². The minimum atomic E-state index is 0.544. The Morgan fingerprint density at radius 1 is 1.35 bits per heavy atom. The van der Waals surface area contributed by atoms with Crippen LogP contribution in [0.15, 0.2) is 9.64 Å². The molecule has 1 aliphatic carbocycles. The van der Waals surface area contributed by atoms with Gasteiger partial charge in [-0.3, -0.25) is 0 Å². The predicted molar refractivity (Wildman–Crippen MR) is 82.9 cm³/mol. The molecule has 20 heavy (non-hydrogen) atoms. The summed E-state index contributed by atoms with van der Waals surface area (Å²) in [5.41, 5.74) is 0. The van der Waals surface area contributed by atoms with Crippen LogP contribution in [0.1, 0.15) is 52.3 Å². The van der Waals surface area contributed by atoms with Crippen molar-refractivity contribution in [3.05, 3.63) is 5.89 Å². The maximum absolute atomic E-state index is 5.55. The second-order valence-corrected chi connectivity index (χ2v) is 7.31. The highest BCUT2D eigenvalue weighted by Crippen LogP contribution is 2.38. The molecule has 1 saturated carbocycles. The molecule has 0 radical (unpaired) electrons. The second kappa shape index (κ2) is 7.46. The van der Waals surface area contributed by atoms with Gasteiger partial charge in [0.15, 0.2) is 0 Å². The van der Waals surface area contributed by atoms with Crippen LogP contribution in [0.2, 0.25) is 0 Å². The highest BCUT2D eigenvalue weighted by Gasteiger charge is 2.33. The van der Waals surface area contributed by atoms with Crippen LogP contribution in [0.25, 0.3) is 0 Å². The first-order valence-electron chi connectivity index (χ1n) is 7.80. The van der Waals surface area contributed by atoms with Crippen LogP contribution in [0.5, 0.6) is 0 Å². The molecule has 3 atom stereocenters. The molecule has 2 rings (SSSR count). The van der Waals surface area contributed by atoms with Gasteiger partial charge in [-0.25, -0.2) is 0 Å². The van der Waals surface area contributed by atoms with Crippen molar-refractivity contribution in [3.8, 4) is 0 Å². The van der Waals surface area contributed by atoms with Crippen LogP contribution in [0, 0.1) is 18.8 Å². The number of hydrogen-bond donors (Lipinski definition) is 1. The summed E-state index contributed by atoms with van der Waals surface area (Å²) in [6.45, 7) is 9.83. The quantitative estimate of drug-likeness (QED) is 0.868. The number of nitrogens with zero attached hydrogens (tertiary/aromatic N) is 2. The number of nitrogens with one attached hydrogen (secondary N) is 1. The van der Waals surface area contributed by atoms with E-state index in [-0.39, 0.29) is 0 Å². The third-order valence-electron chi connectivity index (χ3n) is 4.19. The summed E-state index contributed by atoms with van der Waals surface area (Å²) in [5, 5.41) is 13.0. The Bertz CT molecular complexity index is 408. The molecular weight excluding hydrogens is 270 g/mol. The lowest BCUT2D eigenvalue weighted by Crippen LogP contribution is -2.43. The van der Waals surface area contributed by atoms with Gasteiger partial charge in [0, 0.05) is 18.2 Å². The monoisotopic (exact) mass is 297 g/mol. The second-order valence-electron chi connectivity index (χ2n) is 6.12. The zero-order chi connectivity index (χ0) is 14.5. The molecule has 0 amide bonds. The Kier molecular flexibility index (Phi) is 5.90. The van der Waals surface area contributed by atoms with Crippen molar-refractivity contribution in [1.82, 2.24) is 15.5 Å². The lowest BCUT2D eigenvalue weighted by Gasteiger charge is -2.37. The van der Waals surface area contributed by atoms with Crippen LogP contribution < -0.4 is 5.32 Å². The normalized spacial score (nSPS) is 27.1. The topological polar surface area (TPSA) is 51.0 Å². The largest absolute Gasteiger partial charge is 0.416 e. The molecule has 0 saturated heterocycles. The molecule has 4 nitrogen and oxygen atoms in total. The SMILES string of the molecule is CCCNC1CCC(C(C)C)CC1Sc1nnc(C)o1. The standard InChI is InChI=1S/C15H27N3OS/c1-5-8-16-13-7-6-12(10(2)3)9-14(13)20-15-18-17-11(4)19-15/h10,12-14,16H,5-9H2,1-4H3. The van der Waals surface area contributed by atoms with E-state index in [9.17, 15) is 0 Å². The van der Waals surface area contributed by atoms with E-state index in [1.165, 1.54) is 25.7 Å². The van der Waals surface area contributed by atoms with Crippen LogP contribution in [0.3, 0.4) is 0 Å². The summed E-state index contributed by atoms with van der Waals surface area (Å²) in [6.07, 6.45) is 5.01. The van der Waals surface area contributed by atoms with Gasteiger partial charge in [-0.05, 0) is 44.1 Å². The first-order valence-corrected chi connectivity index (χ1v) is 8.68.